The summed E-state index contributed by atoms with van der Waals surface area (Å²) in [5.41, 5.74) is 0.579. The minimum absolute atomic E-state index is 0.229. The lowest BCUT2D eigenvalue weighted by Gasteiger charge is -2.46. The lowest BCUT2D eigenvalue weighted by atomic mass is 9.82. The number of methoxy groups -OCH3 is 1. The summed E-state index contributed by atoms with van der Waals surface area (Å²) in [6.45, 7) is 3.43. The summed E-state index contributed by atoms with van der Waals surface area (Å²) < 4.78 is 10.1. The van der Waals surface area contributed by atoms with Gasteiger partial charge in [-0.1, -0.05) is 0 Å². The van der Waals surface area contributed by atoms with Gasteiger partial charge in [-0.3, -0.25) is 9.69 Å². The first-order chi connectivity index (χ1) is 10.0. The van der Waals surface area contributed by atoms with E-state index in [2.05, 4.69) is 0 Å². The number of aliphatic hydroxyl groups excluding tert-OH is 1. The zero-order valence-corrected chi connectivity index (χ0v) is 12.3. The number of nitrogens with zero attached hydrogens (tertiary/aromatic N) is 1. The fourth-order valence-corrected chi connectivity index (χ4v) is 2.49. The molecule has 6 nitrogen and oxygen atoms in total. The minimum atomic E-state index is -0.901. The Labute approximate surface area is 123 Å². The van der Waals surface area contributed by atoms with Crippen LogP contribution in [0.5, 0.6) is 5.75 Å². The molecule has 3 atom stereocenters. The molecule has 2 unspecified atom stereocenters. The van der Waals surface area contributed by atoms with Gasteiger partial charge in [0.15, 0.2) is 0 Å². The Bertz CT molecular complexity index is 525. The Kier molecular flexibility index (Phi) is 4.47. The first-order valence-electron chi connectivity index (χ1n) is 6.83. The molecule has 1 saturated heterocycles. The normalized spacial score (nSPS) is 22.5. The SMILES string of the molecule is CCOC(=O)C1C([C@@H](C)O)C(=O)N1c1ccc(OC)cc1. The van der Waals surface area contributed by atoms with E-state index in [1.807, 2.05) is 0 Å². The average molecular weight is 293 g/mol. The second kappa shape index (κ2) is 6.13. The van der Waals surface area contributed by atoms with Crippen molar-refractivity contribution in [3.8, 4) is 5.75 Å². The molecule has 0 aromatic heterocycles. The maximum Gasteiger partial charge on any atom is 0.330 e. The van der Waals surface area contributed by atoms with Crippen molar-refractivity contribution in [2.24, 2.45) is 5.92 Å². The fraction of sp³-hybridized carbons (Fsp3) is 0.467. The van der Waals surface area contributed by atoms with Crippen LogP contribution < -0.4 is 9.64 Å². The number of ether oxygens (including phenoxy) is 2. The topological polar surface area (TPSA) is 76.1 Å². The third kappa shape index (κ3) is 2.71. The lowest BCUT2D eigenvalue weighted by Crippen LogP contribution is -2.68. The van der Waals surface area contributed by atoms with Crippen LogP contribution in [0.4, 0.5) is 5.69 Å². The van der Waals surface area contributed by atoms with Gasteiger partial charge in [-0.05, 0) is 38.1 Å². The van der Waals surface area contributed by atoms with Gasteiger partial charge in [-0.25, -0.2) is 4.79 Å². The van der Waals surface area contributed by atoms with E-state index in [0.29, 0.717) is 11.4 Å². The molecule has 1 aliphatic rings. The smallest absolute Gasteiger partial charge is 0.330 e. The van der Waals surface area contributed by atoms with Crippen molar-refractivity contribution in [2.75, 3.05) is 18.6 Å². The number of β-lactam (4-membered cyclic amide) rings is 1. The van der Waals surface area contributed by atoms with Crippen LogP contribution in [0.1, 0.15) is 13.8 Å². The molecule has 1 N–H and O–H groups in total. The molecule has 114 valence electrons. The highest BCUT2D eigenvalue weighted by molar-refractivity contribution is 6.11. The number of rotatable bonds is 5. The standard InChI is InChI=1S/C15H19NO5/c1-4-21-15(19)13-12(9(2)17)14(18)16(13)10-5-7-11(20-3)8-6-10/h5-9,12-13,17H,4H2,1-3H3/t9-,12?,13?/m1/s1. The Morgan fingerprint density at radius 2 is 2.00 bits per heavy atom. The van der Waals surface area contributed by atoms with Crippen LogP contribution in [-0.4, -0.2) is 42.8 Å². The van der Waals surface area contributed by atoms with Crippen molar-refractivity contribution >= 4 is 17.6 Å². The second-order valence-corrected chi connectivity index (χ2v) is 4.87. The highest BCUT2D eigenvalue weighted by Crippen LogP contribution is 2.36. The van der Waals surface area contributed by atoms with E-state index in [0.717, 1.165) is 0 Å². The number of anilines is 1. The molecular weight excluding hydrogens is 274 g/mol. The Balaban J connectivity index is 2.27. The lowest BCUT2D eigenvalue weighted by molar-refractivity contribution is -0.157. The molecule has 0 aliphatic carbocycles. The summed E-state index contributed by atoms with van der Waals surface area (Å²) in [4.78, 5) is 25.6. The highest BCUT2D eigenvalue weighted by atomic mass is 16.5. The van der Waals surface area contributed by atoms with E-state index in [9.17, 15) is 14.7 Å². The zero-order chi connectivity index (χ0) is 15.6. The number of amides is 1. The van der Waals surface area contributed by atoms with Gasteiger partial charge >= 0.3 is 5.97 Å². The van der Waals surface area contributed by atoms with Crippen molar-refractivity contribution in [2.45, 2.75) is 26.0 Å². The predicted molar refractivity (Wildman–Crippen MR) is 76.1 cm³/mol. The quantitative estimate of drug-likeness (QED) is 0.646. The number of aliphatic hydroxyl groups is 1. The van der Waals surface area contributed by atoms with E-state index < -0.39 is 24.0 Å². The molecule has 1 amide bonds. The summed E-state index contributed by atoms with van der Waals surface area (Å²) in [5.74, 6) is -0.885. The second-order valence-electron chi connectivity index (χ2n) is 4.87. The van der Waals surface area contributed by atoms with Crippen LogP contribution >= 0.6 is 0 Å². The van der Waals surface area contributed by atoms with Crippen molar-refractivity contribution in [3.63, 3.8) is 0 Å². The number of carbonyl (C=O) groups is 2. The number of esters is 1. The van der Waals surface area contributed by atoms with E-state index in [4.69, 9.17) is 9.47 Å². The highest BCUT2D eigenvalue weighted by Gasteiger charge is 2.55. The molecule has 1 aromatic rings. The molecule has 0 spiro atoms. The van der Waals surface area contributed by atoms with Crippen LogP contribution in [0.25, 0.3) is 0 Å². The van der Waals surface area contributed by atoms with Crippen LogP contribution in [0, 0.1) is 5.92 Å². The van der Waals surface area contributed by atoms with Gasteiger partial charge in [-0.2, -0.15) is 0 Å². The van der Waals surface area contributed by atoms with Gasteiger partial charge in [0.05, 0.1) is 25.7 Å². The summed E-state index contributed by atoms with van der Waals surface area (Å²) in [7, 11) is 1.55. The number of carbonyl (C=O) groups excluding carboxylic acids is 2. The summed E-state index contributed by atoms with van der Waals surface area (Å²) in [5, 5.41) is 9.70. The van der Waals surface area contributed by atoms with Gasteiger partial charge in [-0.15, -0.1) is 0 Å². The molecule has 1 aromatic carbocycles. The van der Waals surface area contributed by atoms with Crippen LogP contribution in [-0.2, 0) is 14.3 Å². The molecule has 0 saturated carbocycles. The van der Waals surface area contributed by atoms with Gasteiger partial charge in [0, 0.05) is 5.69 Å². The average Bonchev–Trinajstić information content (AvgIpc) is 2.45. The molecule has 6 heteroatoms. The van der Waals surface area contributed by atoms with Gasteiger partial charge in [0.25, 0.3) is 0 Å². The largest absolute Gasteiger partial charge is 0.497 e. The van der Waals surface area contributed by atoms with E-state index in [1.54, 1.807) is 38.3 Å². The molecule has 21 heavy (non-hydrogen) atoms. The first-order valence-corrected chi connectivity index (χ1v) is 6.83. The number of hydrogen-bond acceptors (Lipinski definition) is 5. The predicted octanol–water partition coefficient (Wildman–Crippen LogP) is 0.970. The first kappa shape index (κ1) is 15.3. The maximum atomic E-state index is 12.2. The van der Waals surface area contributed by atoms with E-state index >= 15 is 0 Å². The monoisotopic (exact) mass is 293 g/mol. The van der Waals surface area contributed by atoms with Crippen molar-refractivity contribution in [3.05, 3.63) is 24.3 Å². The Hall–Kier alpha value is -2.08. The van der Waals surface area contributed by atoms with Gasteiger partial charge in [0.1, 0.15) is 11.8 Å². The molecule has 1 aliphatic heterocycles. The Morgan fingerprint density at radius 3 is 2.48 bits per heavy atom. The van der Waals surface area contributed by atoms with Crippen LogP contribution in [0.3, 0.4) is 0 Å². The fourth-order valence-electron chi connectivity index (χ4n) is 2.49. The van der Waals surface area contributed by atoms with Crippen molar-refractivity contribution in [1.82, 2.24) is 0 Å². The van der Waals surface area contributed by atoms with Crippen LogP contribution in [0.2, 0.25) is 0 Å². The summed E-state index contributed by atoms with van der Waals surface area (Å²) in [6, 6.07) is 6.02. The third-order valence-corrected chi connectivity index (χ3v) is 3.54. The van der Waals surface area contributed by atoms with Crippen molar-refractivity contribution < 1.29 is 24.2 Å². The summed E-state index contributed by atoms with van der Waals surface area (Å²) in [6.07, 6.45) is -0.901. The van der Waals surface area contributed by atoms with Gasteiger partial charge in [0.2, 0.25) is 5.91 Å². The molecular formula is C15H19NO5. The van der Waals surface area contributed by atoms with Gasteiger partial charge < -0.3 is 14.6 Å². The molecule has 2 rings (SSSR count). The van der Waals surface area contributed by atoms with E-state index in [-0.39, 0.29) is 12.5 Å². The zero-order valence-electron chi connectivity index (χ0n) is 12.3. The van der Waals surface area contributed by atoms with Crippen molar-refractivity contribution in [1.29, 1.82) is 0 Å². The number of hydrogen-bond donors (Lipinski definition) is 1. The van der Waals surface area contributed by atoms with E-state index in [1.165, 1.54) is 11.8 Å². The third-order valence-electron chi connectivity index (χ3n) is 3.54. The molecule has 0 bridgehead atoms. The molecule has 1 fully saturated rings. The number of benzene rings is 1. The maximum absolute atomic E-state index is 12.2. The Morgan fingerprint density at radius 1 is 1.38 bits per heavy atom. The molecule has 0 radical (unpaired) electrons. The van der Waals surface area contributed by atoms with Crippen LogP contribution in [0.15, 0.2) is 24.3 Å². The minimum Gasteiger partial charge on any atom is -0.497 e. The molecule has 1 heterocycles. The summed E-state index contributed by atoms with van der Waals surface area (Å²) >= 11 is 0.